The van der Waals surface area contributed by atoms with E-state index in [-0.39, 0.29) is 17.5 Å². The van der Waals surface area contributed by atoms with Gasteiger partial charge in [0.1, 0.15) is 5.82 Å². The van der Waals surface area contributed by atoms with Crippen LogP contribution in [0.1, 0.15) is 46.7 Å². The van der Waals surface area contributed by atoms with Gasteiger partial charge in [-0.15, -0.1) is 11.3 Å². The first-order valence-electron chi connectivity index (χ1n) is 8.00. The lowest BCUT2D eigenvalue weighted by Gasteiger charge is -2.31. The van der Waals surface area contributed by atoms with Crippen molar-refractivity contribution in [1.82, 2.24) is 19.2 Å². The summed E-state index contributed by atoms with van der Waals surface area (Å²) in [4.78, 5) is 27.4. The number of piperidine rings is 1. The maximum atomic E-state index is 12.6. The number of amides is 1. The van der Waals surface area contributed by atoms with Gasteiger partial charge in [0, 0.05) is 32.6 Å². The molecule has 3 heterocycles. The van der Waals surface area contributed by atoms with Gasteiger partial charge in [0.05, 0.1) is 4.88 Å². The van der Waals surface area contributed by atoms with Crippen LogP contribution in [0.25, 0.3) is 0 Å². The smallest absolute Gasteiger partial charge is 0.338 e. The molecule has 0 aromatic carbocycles. The second-order valence-electron chi connectivity index (χ2n) is 6.01. The Balaban J connectivity index is 1.72. The van der Waals surface area contributed by atoms with E-state index >= 15 is 0 Å². The molecule has 0 radical (unpaired) electrons. The summed E-state index contributed by atoms with van der Waals surface area (Å²) in [6.45, 7) is 6.01. The van der Waals surface area contributed by atoms with E-state index in [1.807, 2.05) is 30.2 Å². The molecule has 1 aliphatic heterocycles. The van der Waals surface area contributed by atoms with E-state index in [2.05, 4.69) is 5.10 Å². The number of hydrogen-bond acceptors (Lipinski definition) is 4. The van der Waals surface area contributed by atoms with Crippen LogP contribution in [0.4, 0.5) is 0 Å². The monoisotopic (exact) mass is 334 g/mol. The van der Waals surface area contributed by atoms with E-state index in [4.69, 9.17) is 0 Å². The molecule has 0 saturated carbocycles. The van der Waals surface area contributed by atoms with Crippen molar-refractivity contribution in [2.24, 2.45) is 7.05 Å². The molecule has 7 heteroatoms. The number of carbonyl (C=O) groups excluding carboxylic acids is 1. The van der Waals surface area contributed by atoms with E-state index < -0.39 is 0 Å². The molecule has 1 fully saturated rings. The fraction of sp³-hybridized carbons (Fsp3) is 0.562. The zero-order valence-corrected chi connectivity index (χ0v) is 14.6. The minimum atomic E-state index is -0.0600. The number of aryl methyl sites for hydroxylation is 2. The Labute approximate surface area is 139 Å². The predicted molar refractivity (Wildman–Crippen MR) is 90.1 cm³/mol. The van der Waals surface area contributed by atoms with E-state index in [0.29, 0.717) is 6.54 Å². The Bertz CT molecular complexity index is 765. The van der Waals surface area contributed by atoms with Crippen molar-refractivity contribution >= 4 is 17.2 Å². The summed E-state index contributed by atoms with van der Waals surface area (Å²) in [5, 5.41) is 6.37. The largest absolute Gasteiger partial charge is 0.345 e. The van der Waals surface area contributed by atoms with Crippen LogP contribution in [0.5, 0.6) is 0 Å². The summed E-state index contributed by atoms with van der Waals surface area (Å²) in [6, 6.07) is 1.98. The Morgan fingerprint density at radius 1 is 1.39 bits per heavy atom. The minimum Gasteiger partial charge on any atom is -0.338 e. The lowest BCUT2D eigenvalue weighted by molar-refractivity contribution is 0.0714. The van der Waals surface area contributed by atoms with Crippen molar-refractivity contribution in [3.8, 4) is 0 Å². The Morgan fingerprint density at radius 3 is 2.65 bits per heavy atom. The van der Waals surface area contributed by atoms with Crippen LogP contribution in [0.2, 0.25) is 0 Å². The van der Waals surface area contributed by atoms with E-state index in [1.165, 1.54) is 16.0 Å². The van der Waals surface area contributed by atoms with Gasteiger partial charge in [0.2, 0.25) is 0 Å². The van der Waals surface area contributed by atoms with E-state index in [1.54, 1.807) is 11.6 Å². The molecule has 0 spiro atoms. The first-order chi connectivity index (χ1) is 11.0. The van der Waals surface area contributed by atoms with Gasteiger partial charge in [0.15, 0.2) is 0 Å². The van der Waals surface area contributed by atoms with Gasteiger partial charge in [-0.1, -0.05) is 0 Å². The predicted octanol–water partition coefficient (Wildman–Crippen LogP) is 1.99. The van der Waals surface area contributed by atoms with Crippen LogP contribution in [-0.4, -0.2) is 38.2 Å². The molecule has 1 aliphatic rings. The van der Waals surface area contributed by atoms with Gasteiger partial charge in [-0.25, -0.2) is 9.48 Å². The SMILES string of the molecule is CCn1c(C2CCN(C(=O)c3sccc3C)CC2)nn(C)c1=O. The summed E-state index contributed by atoms with van der Waals surface area (Å²) in [6.07, 6.45) is 1.71. The molecule has 124 valence electrons. The van der Waals surface area contributed by atoms with Crippen molar-refractivity contribution < 1.29 is 4.79 Å². The van der Waals surface area contributed by atoms with Crippen LogP contribution >= 0.6 is 11.3 Å². The molecule has 1 saturated heterocycles. The standard InChI is InChI=1S/C16H22N4O2S/c1-4-20-14(17-18(3)16(20)22)12-5-8-19(9-6-12)15(21)13-11(2)7-10-23-13/h7,10,12H,4-6,8-9H2,1-3H3. The quantitative estimate of drug-likeness (QED) is 0.862. The van der Waals surface area contributed by atoms with Crippen molar-refractivity contribution in [3.05, 3.63) is 38.2 Å². The summed E-state index contributed by atoms with van der Waals surface area (Å²) >= 11 is 1.51. The molecule has 6 nitrogen and oxygen atoms in total. The summed E-state index contributed by atoms with van der Waals surface area (Å²) in [5.41, 5.74) is 0.988. The van der Waals surface area contributed by atoms with Crippen molar-refractivity contribution in [1.29, 1.82) is 0 Å². The highest BCUT2D eigenvalue weighted by molar-refractivity contribution is 7.12. The van der Waals surface area contributed by atoms with Crippen LogP contribution in [0.15, 0.2) is 16.2 Å². The maximum Gasteiger partial charge on any atom is 0.345 e. The summed E-state index contributed by atoms with van der Waals surface area (Å²) < 4.78 is 3.15. The summed E-state index contributed by atoms with van der Waals surface area (Å²) in [7, 11) is 1.69. The lowest BCUT2D eigenvalue weighted by Crippen LogP contribution is -2.38. The lowest BCUT2D eigenvalue weighted by atomic mass is 9.95. The van der Waals surface area contributed by atoms with Crippen LogP contribution in [-0.2, 0) is 13.6 Å². The average molecular weight is 334 g/mol. The molecule has 0 aliphatic carbocycles. The molecule has 0 unspecified atom stereocenters. The van der Waals surface area contributed by atoms with Gasteiger partial charge in [-0.05, 0) is 43.7 Å². The number of aromatic nitrogens is 3. The fourth-order valence-corrected chi connectivity index (χ4v) is 4.09. The first-order valence-corrected chi connectivity index (χ1v) is 8.88. The van der Waals surface area contributed by atoms with Crippen LogP contribution < -0.4 is 5.69 Å². The average Bonchev–Trinajstić information content (AvgIpc) is 3.11. The first kappa shape index (κ1) is 16.0. The number of carbonyl (C=O) groups is 1. The van der Waals surface area contributed by atoms with Crippen molar-refractivity contribution in [2.45, 2.75) is 39.2 Å². The van der Waals surface area contributed by atoms with Gasteiger partial charge in [-0.3, -0.25) is 9.36 Å². The van der Waals surface area contributed by atoms with Gasteiger partial charge in [-0.2, -0.15) is 5.10 Å². The minimum absolute atomic E-state index is 0.0600. The number of hydrogen-bond donors (Lipinski definition) is 0. The van der Waals surface area contributed by atoms with Crippen LogP contribution in [0.3, 0.4) is 0 Å². The normalized spacial score (nSPS) is 16.0. The zero-order valence-electron chi connectivity index (χ0n) is 13.8. The van der Waals surface area contributed by atoms with E-state index in [9.17, 15) is 9.59 Å². The second kappa shape index (κ2) is 6.31. The van der Waals surface area contributed by atoms with Crippen LogP contribution in [0, 0.1) is 6.92 Å². The number of thiophene rings is 1. The number of rotatable bonds is 3. The third-order valence-electron chi connectivity index (χ3n) is 4.56. The number of nitrogens with zero attached hydrogens (tertiary/aromatic N) is 4. The molecule has 23 heavy (non-hydrogen) atoms. The molecule has 1 amide bonds. The Hall–Kier alpha value is -1.89. The molecule has 0 N–H and O–H groups in total. The molecule has 3 rings (SSSR count). The molecule has 2 aromatic heterocycles. The molecule has 0 bridgehead atoms. The topological polar surface area (TPSA) is 60.1 Å². The third-order valence-corrected chi connectivity index (χ3v) is 5.56. The Morgan fingerprint density at radius 2 is 2.09 bits per heavy atom. The molecule has 0 atom stereocenters. The highest BCUT2D eigenvalue weighted by Gasteiger charge is 2.29. The molecule has 2 aromatic rings. The molecular weight excluding hydrogens is 312 g/mol. The van der Waals surface area contributed by atoms with Gasteiger partial charge in [0.25, 0.3) is 5.91 Å². The van der Waals surface area contributed by atoms with Crippen molar-refractivity contribution in [2.75, 3.05) is 13.1 Å². The second-order valence-corrected chi connectivity index (χ2v) is 6.92. The highest BCUT2D eigenvalue weighted by atomic mass is 32.1. The highest BCUT2D eigenvalue weighted by Crippen LogP contribution is 2.28. The molecular formula is C16H22N4O2S. The number of likely N-dealkylation sites (tertiary alicyclic amines) is 1. The van der Waals surface area contributed by atoms with Crippen molar-refractivity contribution in [3.63, 3.8) is 0 Å². The van der Waals surface area contributed by atoms with Gasteiger partial charge < -0.3 is 4.90 Å². The fourth-order valence-electron chi connectivity index (χ4n) is 3.20. The Kier molecular flexibility index (Phi) is 4.39. The summed E-state index contributed by atoms with van der Waals surface area (Å²) in [5.74, 6) is 1.24. The zero-order chi connectivity index (χ0) is 16.6. The third kappa shape index (κ3) is 2.85. The maximum absolute atomic E-state index is 12.6. The van der Waals surface area contributed by atoms with E-state index in [0.717, 1.165) is 42.2 Å². The van der Waals surface area contributed by atoms with Gasteiger partial charge >= 0.3 is 5.69 Å².